The summed E-state index contributed by atoms with van der Waals surface area (Å²) in [6.45, 7) is 6.37. The van der Waals surface area contributed by atoms with Crippen molar-refractivity contribution in [2.45, 2.75) is 20.8 Å². The molecular weight excluding hydrogens is 342 g/mol. The molecule has 27 heavy (non-hydrogen) atoms. The average molecular weight is 364 g/mol. The maximum Gasteiger partial charge on any atom is 0.354 e. The summed E-state index contributed by atoms with van der Waals surface area (Å²) < 4.78 is 5.51. The first-order valence-electron chi connectivity index (χ1n) is 8.65. The Kier molecular flexibility index (Phi) is 5.30. The first-order valence-corrected chi connectivity index (χ1v) is 8.65. The fourth-order valence-corrected chi connectivity index (χ4v) is 2.62. The van der Waals surface area contributed by atoms with Crippen LogP contribution in [0.2, 0.25) is 0 Å². The van der Waals surface area contributed by atoms with Crippen LogP contribution in [0, 0.1) is 13.8 Å². The second kappa shape index (κ2) is 7.82. The number of rotatable bonds is 4. The van der Waals surface area contributed by atoms with Gasteiger partial charge in [-0.25, -0.2) is 10.3 Å². The Morgan fingerprint density at radius 3 is 2.59 bits per heavy atom. The third-order valence-corrected chi connectivity index (χ3v) is 3.98. The Hall–Kier alpha value is -3.48. The fourth-order valence-electron chi connectivity index (χ4n) is 2.62. The number of hydrogen-bond acceptors (Lipinski definition) is 4. The molecule has 7 nitrogen and oxygen atoms in total. The number of amides is 1. The molecule has 0 aliphatic carbocycles. The minimum atomic E-state index is -0.307. The maximum absolute atomic E-state index is 12.2. The number of hydrogen-bond donors (Lipinski definition) is 3. The van der Waals surface area contributed by atoms with Crippen LogP contribution in [0.1, 0.15) is 28.5 Å². The first-order chi connectivity index (χ1) is 13.0. The molecule has 0 aliphatic rings. The van der Waals surface area contributed by atoms with Gasteiger partial charge in [0.15, 0.2) is 0 Å². The molecule has 4 N–H and O–H groups in total. The summed E-state index contributed by atoms with van der Waals surface area (Å²) in [5.74, 6) is 0.837. The SMILES string of the molecule is CCOc1ccc2nc(/[NH+]=C(\N)NC(=O)c3ccc(C)cc3)nc(C)c2c1. The van der Waals surface area contributed by atoms with Gasteiger partial charge in [-0.2, -0.15) is 0 Å². The number of nitrogens with two attached hydrogens (primary N) is 1. The van der Waals surface area contributed by atoms with Crippen molar-refractivity contribution in [3.8, 4) is 5.75 Å². The number of aromatic nitrogens is 2. The quantitative estimate of drug-likeness (QED) is 0.475. The highest BCUT2D eigenvalue weighted by Crippen LogP contribution is 2.21. The Bertz CT molecular complexity index is 1010. The summed E-state index contributed by atoms with van der Waals surface area (Å²) in [6.07, 6.45) is 0. The van der Waals surface area contributed by atoms with Crippen molar-refractivity contribution < 1.29 is 14.5 Å². The first kappa shape index (κ1) is 18.3. The largest absolute Gasteiger partial charge is 0.494 e. The van der Waals surface area contributed by atoms with Gasteiger partial charge in [0.1, 0.15) is 11.3 Å². The molecule has 0 saturated heterocycles. The van der Waals surface area contributed by atoms with E-state index >= 15 is 0 Å². The number of aryl methyl sites for hydroxylation is 2. The van der Waals surface area contributed by atoms with Crippen LogP contribution in [0.3, 0.4) is 0 Å². The van der Waals surface area contributed by atoms with Crippen LogP contribution in [0.5, 0.6) is 5.75 Å². The van der Waals surface area contributed by atoms with Gasteiger partial charge in [0.25, 0.3) is 11.9 Å². The lowest BCUT2D eigenvalue weighted by molar-refractivity contribution is -0.367. The molecule has 138 valence electrons. The zero-order valence-electron chi connectivity index (χ0n) is 15.5. The van der Waals surface area contributed by atoms with E-state index < -0.39 is 0 Å². The molecule has 0 saturated carbocycles. The molecule has 2 aromatic carbocycles. The van der Waals surface area contributed by atoms with E-state index in [0.717, 1.165) is 27.9 Å². The number of benzene rings is 2. The van der Waals surface area contributed by atoms with Crippen LogP contribution in [-0.2, 0) is 0 Å². The lowest BCUT2D eigenvalue weighted by atomic mass is 10.1. The van der Waals surface area contributed by atoms with Gasteiger partial charge in [-0.05, 0) is 51.1 Å². The molecule has 0 aliphatic heterocycles. The van der Waals surface area contributed by atoms with Crippen LogP contribution < -0.4 is 20.8 Å². The summed E-state index contributed by atoms with van der Waals surface area (Å²) in [6, 6.07) is 12.8. The minimum Gasteiger partial charge on any atom is -0.494 e. The fraction of sp³-hybridized carbons (Fsp3) is 0.200. The maximum atomic E-state index is 12.2. The normalized spacial score (nSPS) is 11.4. The summed E-state index contributed by atoms with van der Waals surface area (Å²) >= 11 is 0. The lowest BCUT2D eigenvalue weighted by Crippen LogP contribution is -2.75. The lowest BCUT2D eigenvalue weighted by Gasteiger charge is -2.05. The summed E-state index contributed by atoms with van der Waals surface area (Å²) in [4.78, 5) is 23.9. The second-order valence-electron chi connectivity index (χ2n) is 6.10. The number of nitrogens with one attached hydrogen (secondary N) is 2. The van der Waals surface area contributed by atoms with Gasteiger partial charge in [0.2, 0.25) is 0 Å². The van der Waals surface area contributed by atoms with E-state index in [-0.39, 0.29) is 11.9 Å². The highest BCUT2D eigenvalue weighted by molar-refractivity contribution is 6.03. The molecule has 1 amide bonds. The molecule has 1 aromatic heterocycles. The second-order valence-corrected chi connectivity index (χ2v) is 6.10. The van der Waals surface area contributed by atoms with Crippen molar-refractivity contribution in [2.24, 2.45) is 5.73 Å². The Morgan fingerprint density at radius 2 is 1.89 bits per heavy atom. The standard InChI is InChI=1S/C20H21N5O2/c1-4-27-15-9-10-17-16(11-15)13(3)22-20(23-17)25-19(21)24-18(26)14-7-5-12(2)6-8-14/h5-11H,4H2,1-3H3,(H3,21,22,23,24,25,26)/p+1. The van der Waals surface area contributed by atoms with Crippen molar-refractivity contribution in [2.75, 3.05) is 6.61 Å². The van der Waals surface area contributed by atoms with E-state index in [9.17, 15) is 4.79 Å². The van der Waals surface area contributed by atoms with Gasteiger partial charge in [0, 0.05) is 10.9 Å². The smallest absolute Gasteiger partial charge is 0.354 e. The van der Waals surface area contributed by atoms with E-state index in [2.05, 4.69) is 20.3 Å². The van der Waals surface area contributed by atoms with Gasteiger partial charge in [-0.1, -0.05) is 17.7 Å². The highest BCUT2D eigenvalue weighted by Gasteiger charge is 2.13. The van der Waals surface area contributed by atoms with Gasteiger partial charge >= 0.3 is 5.95 Å². The number of guanidine groups is 1. The van der Waals surface area contributed by atoms with E-state index in [1.54, 1.807) is 12.1 Å². The van der Waals surface area contributed by atoms with Crippen molar-refractivity contribution >= 4 is 28.7 Å². The topological polar surface area (TPSA) is 104 Å². The minimum absolute atomic E-state index is 0.0604. The summed E-state index contributed by atoms with van der Waals surface area (Å²) in [5.41, 5.74) is 9.04. The van der Waals surface area contributed by atoms with Gasteiger partial charge < -0.3 is 10.5 Å². The van der Waals surface area contributed by atoms with Crippen LogP contribution in [0.15, 0.2) is 42.5 Å². The van der Waals surface area contributed by atoms with Crippen molar-refractivity contribution in [3.05, 3.63) is 59.3 Å². The zero-order valence-corrected chi connectivity index (χ0v) is 15.5. The van der Waals surface area contributed by atoms with E-state index in [0.29, 0.717) is 18.1 Å². The van der Waals surface area contributed by atoms with E-state index in [1.807, 2.05) is 51.1 Å². The molecular formula is C20H22N5O2+. The van der Waals surface area contributed by atoms with Crippen LogP contribution in [0.4, 0.5) is 5.95 Å². The monoisotopic (exact) mass is 364 g/mol. The van der Waals surface area contributed by atoms with Crippen molar-refractivity contribution in [3.63, 3.8) is 0 Å². The van der Waals surface area contributed by atoms with Gasteiger partial charge in [0.05, 0.1) is 12.3 Å². The molecule has 7 heteroatoms. The third-order valence-electron chi connectivity index (χ3n) is 3.98. The Labute approximate surface area is 157 Å². The number of carbonyl (C=O) groups is 1. The third kappa shape index (κ3) is 4.38. The number of carbonyl (C=O) groups excluding carboxylic acids is 1. The van der Waals surface area contributed by atoms with E-state index in [4.69, 9.17) is 10.5 Å². The predicted molar refractivity (Wildman–Crippen MR) is 104 cm³/mol. The molecule has 0 radical (unpaired) electrons. The molecule has 3 rings (SSSR count). The molecule has 0 spiro atoms. The molecule has 0 bridgehead atoms. The number of nitrogens with zero attached hydrogens (tertiary/aromatic N) is 2. The molecule has 0 atom stereocenters. The van der Waals surface area contributed by atoms with Crippen LogP contribution in [0.25, 0.3) is 10.9 Å². The van der Waals surface area contributed by atoms with Gasteiger partial charge in [-0.3, -0.25) is 4.79 Å². The Morgan fingerprint density at radius 1 is 1.15 bits per heavy atom. The summed E-state index contributed by atoms with van der Waals surface area (Å²) in [7, 11) is 0. The highest BCUT2D eigenvalue weighted by atomic mass is 16.5. The van der Waals surface area contributed by atoms with Crippen molar-refractivity contribution in [1.29, 1.82) is 0 Å². The molecule has 3 aromatic rings. The number of fused-ring (bicyclic) bond motifs is 1. The van der Waals surface area contributed by atoms with Gasteiger partial charge in [-0.15, -0.1) is 9.97 Å². The molecule has 0 fully saturated rings. The molecule has 0 unspecified atom stereocenters. The zero-order chi connectivity index (χ0) is 19.4. The van der Waals surface area contributed by atoms with Crippen LogP contribution >= 0.6 is 0 Å². The average Bonchev–Trinajstić information content (AvgIpc) is 2.63. The van der Waals surface area contributed by atoms with Crippen molar-refractivity contribution in [1.82, 2.24) is 15.3 Å². The predicted octanol–water partition coefficient (Wildman–Crippen LogP) is 1.10. The van der Waals surface area contributed by atoms with E-state index in [1.165, 1.54) is 0 Å². The summed E-state index contributed by atoms with van der Waals surface area (Å²) in [5, 5.41) is 3.50. The molecule has 1 heterocycles. The Balaban J connectivity index is 1.82. The van der Waals surface area contributed by atoms with Crippen LogP contribution in [-0.4, -0.2) is 28.4 Å². The number of ether oxygens (including phenoxy) is 1.